The summed E-state index contributed by atoms with van der Waals surface area (Å²) in [5, 5.41) is 0.0819. The molecule has 0 spiro atoms. The average Bonchev–Trinajstić information content (AvgIpc) is 2.04. The normalized spacial score (nSPS) is 9.77. The highest BCUT2D eigenvalue weighted by molar-refractivity contribution is 6.32. The van der Waals surface area contributed by atoms with Crippen LogP contribution >= 0.6 is 11.6 Å². The number of hydrogen-bond donors (Lipinski definition) is 0. The van der Waals surface area contributed by atoms with Gasteiger partial charge in [0.05, 0.1) is 12.3 Å². The summed E-state index contributed by atoms with van der Waals surface area (Å²) in [7, 11) is 0. The molecule has 0 bridgehead atoms. The molecule has 0 N–H and O–H groups in total. The number of esters is 1. The van der Waals surface area contributed by atoms with Crippen molar-refractivity contribution in [3.63, 3.8) is 0 Å². The van der Waals surface area contributed by atoms with Crippen LogP contribution in [0.2, 0.25) is 5.15 Å². The van der Waals surface area contributed by atoms with Crippen molar-refractivity contribution in [3.05, 3.63) is 22.7 Å². The molecule has 5 heteroatoms. The SMILES string of the molecule is CCOC(=O)c1ncc(C)nc1Cl. The number of aromatic nitrogens is 2. The molecule has 0 amide bonds. The Hall–Kier alpha value is -1.16. The molecule has 1 rings (SSSR count). The molecule has 0 unspecified atom stereocenters. The van der Waals surface area contributed by atoms with Crippen LogP contribution in [0.1, 0.15) is 23.1 Å². The number of carbonyl (C=O) groups is 1. The quantitative estimate of drug-likeness (QED) is 0.681. The van der Waals surface area contributed by atoms with Crippen molar-refractivity contribution < 1.29 is 9.53 Å². The third-order valence-corrected chi connectivity index (χ3v) is 1.58. The van der Waals surface area contributed by atoms with Gasteiger partial charge in [0.1, 0.15) is 0 Å². The van der Waals surface area contributed by atoms with E-state index in [0.29, 0.717) is 12.3 Å². The van der Waals surface area contributed by atoms with Crippen LogP contribution in [0.5, 0.6) is 0 Å². The summed E-state index contributed by atoms with van der Waals surface area (Å²) in [6.07, 6.45) is 1.47. The van der Waals surface area contributed by atoms with Crippen LogP contribution in [0, 0.1) is 6.92 Å². The molecular formula is C8H9ClN2O2. The summed E-state index contributed by atoms with van der Waals surface area (Å²) in [6, 6.07) is 0. The highest BCUT2D eigenvalue weighted by Crippen LogP contribution is 2.11. The first-order valence-electron chi connectivity index (χ1n) is 3.81. The van der Waals surface area contributed by atoms with Gasteiger partial charge in [-0.1, -0.05) is 11.6 Å². The Morgan fingerprint density at radius 1 is 1.69 bits per heavy atom. The van der Waals surface area contributed by atoms with Gasteiger partial charge in [0.2, 0.25) is 0 Å². The number of hydrogen-bond acceptors (Lipinski definition) is 4. The molecule has 0 atom stereocenters. The van der Waals surface area contributed by atoms with Crippen LogP contribution in [0.15, 0.2) is 6.20 Å². The van der Waals surface area contributed by atoms with Crippen molar-refractivity contribution >= 4 is 17.6 Å². The van der Waals surface area contributed by atoms with E-state index in [1.165, 1.54) is 6.20 Å². The van der Waals surface area contributed by atoms with E-state index in [1.54, 1.807) is 13.8 Å². The fourth-order valence-electron chi connectivity index (χ4n) is 0.784. The van der Waals surface area contributed by atoms with Crippen molar-refractivity contribution in [1.29, 1.82) is 0 Å². The van der Waals surface area contributed by atoms with Gasteiger partial charge in [-0.25, -0.2) is 14.8 Å². The van der Waals surface area contributed by atoms with E-state index in [2.05, 4.69) is 9.97 Å². The maximum atomic E-state index is 11.2. The lowest BCUT2D eigenvalue weighted by atomic mass is 10.4. The monoisotopic (exact) mass is 200 g/mol. The summed E-state index contributed by atoms with van der Waals surface area (Å²) >= 11 is 5.69. The van der Waals surface area contributed by atoms with Crippen LogP contribution in [-0.4, -0.2) is 22.5 Å². The van der Waals surface area contributed by atoms with Gasteiger partial charge in [-0.3, -0.25) is 0 Å². The highest BCUT2D eigenvalue weighted by Gasteiger charge is 2.13. The molecule has 4 nitrogen and oxygen atoms in total. The van der Waals surface area contributed by atoms with E-state index >= 15 is 0 Å². The van der Waals surface area contributed by atoms with Crippen LogP contribution < -0.4 is 0 Å². The van der Waals surface area contributed by atoms with Gasteiger partial charge in [-0.15, -0.1) is 0 Å². The molecule has 13 heavy (non-hydrogen) atoms. The Balaban J connectivity index is 2.95. The number of nitrogens with zero attached hydrogens (tertiary/aromatic N) is 2. The second kappa shape index (κ2) is 4.18. The molecule has 1 aromatic heterocycles. The third-order valence-electron chi connectivity index (χ3n) is 1.32. The topological polar surface area (TPSA) is 52.1 Å². The average molecular weight is 201 g/mol. The van der Waals surface area contributed by atoms with Crippen molar-refractivity contribution in [2.24, 2.45) is 0 Å². The second-order valence-corrected chi connectivity index (χ2v) is 2.73. The summed E-state index contributed by atoms with van der Waals surface area (Å²) in [5.74, 6) is -0.542. The van der Waals surface area contributed by atoms with Gasteiger partial charge in [-0.05, 0) is 13.8 Å². The molecule has 0 aromatic carbocycles. The summed E-state index contributed by atoms with van der Waals surface area (Å²) < 4.78 is 4.72. The van der Waals surface area contributed by atoms with Gasteiger partial charge in [0.25, 0.3) is 0 Å². The largest absolute Gasteiger partial charge is 0.461 e. The van der Waals surface area contributed by atoms with Crippen LogP contribution in [0.4, 0.5) is 0 Å². The Morgan fingerprint density at radius 2 is 2.38 bits per heavy atom. The minimum absolute atomic E-state index is 0.0640. The zero-order valence-corrected chi connectivity index (χ0v) is 8.13. The molecular weight excluding hydrogens is 192 g/mol. The van der Waals surface area contributed by atoms with E-state index in [4.69, 9.17) is 16.3 Å². The Kier molecular flexibility index (Phi) is 3.19. The number of aryl methyl sites for hydroxylation is 1. The van der Waals surface area contributed by atoms with Gasteiger partial charge >= 0.3 is 5.97 Å². The summed E-state index contributed by atoms with van der Waals surface area (Å²) in [6.45, 7) is 3.76. The van der Waals surface area contributed by atoms with Crippen molar-refractivity contribution in [2.45, 2.75) is 13.8 Å². The minimum atomic E-state index is -0.542. The number of halogens is 1. The molecule has 0 fully saturated rings. The maximum absolute atomic E-state index is 11.2. The van der Waals surface area contributed by atoms with Gasteiger partial charge < -0.3 is 4.74 Å². The standard InChI is InChI=1S/C8H9ClN2O2/c1-3-13-8(12)6-7(9)11-5(2)4-10-6/h4H,3H2,1-2H3. The maximum Gasteiger partial charge on any atom is 0.360 e. The lowest BCUT2D eigenvalue weighted by molar-refractivity contribution is 0.0519. The Bertz CT molecular complexity index is 328. The smallest absolute Gasteiger partial charge is 0.360 e. The van der Waals surface area contributed by atoms with Crippen LogP contribution in [0.25, 0.3) is 0 Å². The summed E-state index contributed by atoms with van der Waals surface area (Å²) in [4.78, 5) is 18.9. The van der Waals surface area contributed by atoms with Crippen molar-refractivity contribution in [3.8, 4) is 0 Å². The van der Waals surface area contributed by atoms with E-state index in [1.807, 2.05) is 0 Å². The first kappa shape index (κ1) is 9.92. The molecule has 0 aliphatic carbocycles. The number of carbonyl (C=O) groups excluding carboxylic acids is 1. The predicted molar refractivity (Wildman–Crippen MR) is 47.7 cm³/mol. The Labute approximate surface area is 80.9 Å². The lowest BCUT2D eigenvalue weighted by Crippen LogP contribution is -2.09. The van der Waals surface area contributed by atoms with E-state index in [0.717, 1.165) is 0 Å². The van der Waals surface area contributed by atoms with Gasteiger partial charge in [-0.2, -0.15) is 0 Å². The lowest BCUT2D eigenvalue weighted by Gasteiger charge is -2.02. The zero-order valence-electron chi connectivity index (χ0n) is 7.37. The van der Waals surface area contributed by atoms with Gasteiger partial charge in [0.15, 0.2) is 10.8 Å². The van der Waals surface area contributed by atoms with E-state index in [-0.39, 0.29) is 10.8 Å². The molecule has 1 heterocycles. The predicted octanol–water partition coefficient (Wildman–Crippen LogP) is 1.62. The molecule has 0 saturated carbocycles. The minimum Gasteiger partial charge on any atom is -0.461 e. The van der Waals surface area contributed by atoms with Gasteiger partial charge in [0, 0.05) is 6.20 Å². The fraction of sp³-hybridized carbons (Fsp3) is 0.375. The van der Waals surface area contributed by atoms with Crippen molar-refractivity contribution in [1.82, 2.24) is 9.97 Å². The van der Waals surface area contributed by atoms with Crippen LogP contribution in [0.3, 0.4) is 0 Å². The Morgan fingerprint density at radius 3 is 2.92 bits per heavy atom. The highest BCUT2D eigenvalue weighted by atomic mass is 35.5. The fourth-order valence-corrected chi connectivity index (χ4v) is 1.04. The van der Waals surface area contributed by atoms with E-state index in [9.17, 15) is 4.79 Å². The first-order chi connectivity index (χ1) is 6.15. The molecule has 0 aliphatic heterocycles. The zero-order chi connectivity index (χ0) is 9.84. The molecule has 0 radical (unpaired) electrons. The van der Waals surface area contributed by atoms with E-state index < -0.39 is 5.97 Å². The number of rotatable bonds is 2. The van der Waals surface area contributed by atoms with Crippen molar-refractivity contribution in [2.75, 3.05) is 6.61 Å². The first-order valence-corrected chi connectivity index (χ1v) is 4.19. The third kappa shape index (κ3) is 2.39. The molecule has 1 aromatic rings. The molecule has 70 valence electrons. The molecule has 0 saturated heterocycles. The molecule has 0 aliphatic rings. The summed E-state index contributed by atoms with van der Waals surface area (Å²) in [5.41, 5.74) is 0.729. The number of ether oxygens (including phenoxy) is 1. The second-order valence-electron chi connectivity index (χ2n) is 2.37. The van der Waals surface area contributed by atoms with Crippen LogP contribution in [-0.2, 0) is 4.74 Å².